The van der Waals surface area contributed by atoms with Crippen LogP contribution < -0.4 is 10.6 Å². The SMILES string of the molecule is CN(c1ccccc1Br)C(C)(C)CCN. The fourth-order valence-corrected chi connectivity index (χ4v) is 2.12. The van der Waals surface area contributed by atoms with Gasteiger partial charge in [-0.3, -0.25) is 0 Å². The predicted octanol–water partition coefficient (Wildman–Crippen LogP) is 3.01. The first kappa shape index (κ1) is 12.5. The van der Waals surface area contributed by atoms with Gasteiger partial charge in [0.15, 0.2) is 0 Å². The third kappa shape index (κ3) is 2.95. The van der Waals surface area contributed by atoms with E-state index in [4.69, 9.17) is 5.73 Å². The summed E-state index contributed by atoms with van der Waals surface area (Å²) in [7, 11) is 2.11. The van der Waals surface area contributed by atoms with E-state index in [1.54, 1.807) is 0 Å². The Labute approximate surface area is 101 Å². The first-order valence-corrected chi connectivity index (χ1v) is 5.97. The average molecular weight is 271 g/mol. The third-order valence-electron chi connectivity index (χ3n) is 2.88. The number of hydrogen-bond acceptors (Lipinski definition) is 2. The maximum atomic E-state index is 5.63. The molecule has 3 heteroatoms. The van der Waals surface area contributed by atoms with Crippen molar-refractivity contribution in [2.24, 2.45) is 5.73 Å². The average Bonchev–Trinajstić information content (AvgIpc) is 2.17. The Morgan fingerprint density at radius 1 is 1.33 bits per heavy atom. The highest BCUT2D eigenvalue weighted by Gasteiger charge is 2.23. The Morgan fingerprint density at radius 3 is 2.47 bits per heavy atom. The molecule has 0 atom stereocenters. The highest BCUT2D eigenvalue weighted by atomic mass is 79.9. The van der Waals surface area contributed by atoms with Crippen LogP contribution in [0, 0.1) is 0 Å². The fourth-order valence-electron chi connectivity index (χ4n) is 1.57. The molecule has 1 aromatic carbocycles. The van der Waals surface area contributed by atoms with E-state index >= 15 is 0 Å². The van der Waals surface area contributed by atoms with Gasteiger partial charge in [-0.05, 0) is 54.9 Å². The summed E-state index contributed by atoms with van der Waals surface area (Å²) in [5.41, 5.74) is 6.92. The molecule has 1 aromatic rings. The molecule has 15 heavy (non-hydrogen) atoms. The van der Waals surface area contributed by atoms with Crippen LogP contribution in [-0.4, -0.2) is 19.1 Å². The lowest BCUT2D eigenvalue weighted by Crippen LogP contribution is -2.42. The minimum absolute atomic E-state index is 0.0820. The topological polar surface area (TPSA) is 29.3 Å². The molecule has 0 aliphatic rings. The van der Waals surface area contributed by atoms with Crippen molar-refractivity contribution >= 4 is 21.6 Å². The first-order chi connectivity index (χ1) is 6.99. The van der Waals surface area contributed by atoms with Gasteiger partial charge in [0, 0.05) is 17.1 Å². The van der Waals surface area contributed by atoms with Crippen molar-refractivity contribution in [3.63, 3.8) is 0 Å². The van der Waals surface area contributed by atoms with Crippen LogP contribution in [0.1, 0.15) is 20.3 Å². The van der Waals surface area contributed by atoms with Crippen molar-refractivity contribution in [3.8, 4) is 0 Å². The molecule has 0 saturated carbocycles. The van der Waals surface area contributed by atoms with Crippen molar-refractivity contribution in [2.75, 3.05) is 18.5 Å². The van der Waals surface area contributed by atoms with E-state index in [2.05, 4.69) is 59.9 Å². The van der Waals surface area contributed by atoms with E-state index in [-0.39, 0.29) is 5.54 Å². The minimum Gasteiger partial charge on any atom is -0.369 e. The normalized spacial score (nSPS) is 11.5. The van der Waals surface area contributed by atoms with Crippen LogP contribution >= 0.6 is 15.9 Å². The zero-order chi connectivity index (χ0) is 11.5. The lowest BCUT2D eigenvalue weighted by molar-refractivity contribution is 0.456. The van der Waals surface area contributed by atoms with Crippen molar-refractivity contribution in [2.45, 2.75) is 25.8 Å². The lowest BCUT2D eigenvalue weighted by Gasteiger charge is -2.38. The molecule has 0 unspecified atom stereocenters. The number of nitrogens with zero attached hydrogens (tertiary/aromatic N) is 1. The molecule has 0 aliphatic heterocycles. The second-order valence-corrected chi connectivity index (χ2v) is 5.22. The molecule has 0 aliphatic carbocycles. The van der Waals surface area contributed by atoms with E-state index in [0.717, 1.165) is 10.9 Å². The van der Waals surface area contributed by atoms with Crippen LogP contribution in [0.5, 0.6) is 0 Å². The molecule has 1 rings (SSSR count). The second-order valence-electron chi connectivity index (χ2n) is 4.36. The standard InChI is InChI=1S/C12H19BrN2/c1-12(2,8-9-14)15(3)11-7-5-4-6-10(11)13/h4-7H,8-9,14H2,1-3H3. The van der Waals surface area contributed by atoms with E-state index < -0.39 is 0 Å². The van der Waals surface area contributed by atoms with Crippen LogP contribution in [0.4, 0.5) is 5.69 Å². The largest absolute Gasteiger partial charge is 0.369 e. The van der Waals surface area contributed by atoms with Gasteiger partial charge in [-0.25, -0.2) is 0 Å². The lowest BCUT2D eigenvalue weighted by atomic mass is 9.98. The molecular weight excluding hydrogens is 252 g/mol. The van der Waals surface area contributed by atoms with Gasteiger partial charge in [-0.1, -0.05) is 12.1 Å². The molecule has 0 heterocycles. The molecule has 2 N–H and O–H groups in total. The number of anilines is 1. The van der Waals surface area contributed by atoms with Gasteiger partial charge in [0.2, 0.25) is 0 Å². The number of halogens is 1. The van der Waals surface area contributed by atoms with E-state index in [9.17, 15) is 0 Å². The quantitative estimate of drug-likeness (QED) is 0.912. The Kier molecular flexibility index (Phi) is 4.17. The van der Waals surface area contributed by atoms with Crippen LogP contribution in [0.3, 0.4) is 0 Å². The number of nitrogens with two attached hydrogens (primary N) is 1. The maximum absolute atomic E-state index is 5.63. The van der Waals surface area contributed by atoms with E-state index in [0.29, 0.717) is 6.54 Å². The van der Waals surface area contributed by atoms with Crippen molar-refractivity contribution in [3.05, 3.63) is 28.7 Å². The summed E-state index contributed by atoms with van der Waals surface area (Å²) in [6.07, 6.45) is 0.977. The molecule has 2 nitrogen and oxygen atoms in total. The Morgan fingerprint density at radius 2 is 1.93 bits per heavy atom. The Balaban J connectivity index is 2.93. The van der Waals surface area contributed by atoms with Gasteiger partial charge in [-0.15, -0.1) is 0 Å². The summed E-state index contributed by atoms with van der Waals surface area (Å²) in [5, 5.41) is 0. The maximum Gasteiger partial charge on any atom is 0.0512 e. The number of benzene rings is 1. The molecule has 0 aromatic heterocycles. The molecule has 0 spiro atoms. The molecule has 0 bridgehead atoms. The smallest absolute Gasteiger partial charge is 0.0512 e. The molecular formula is C12H19BrN2. The summed E-state index contributed by atoms with van der Waals surface area (Å²) in [5.74, 6) is 0. The summed E-state index contributed by atoms with van der Waals surface area (Å²) >= 11 is 3.57. The fraction of sp³-hybridized carbons (Fsp3) is 0.500. The van der Waals surface area contributed by atoms with Crippen LogP contribution in [-0.2, 0) is 0 Å². The van der Waals surface area contributed by atoms with Crippen LogP contribution in [0.2, 0.25) is 0 Å². The summed E-state index contributed by atoms with van der Waals surface area (Å²) in [6.45, 7) is 5.13. The Hall–Kier alpha value is -0.540. The first-order valence-electron chi connectivity index (χ1n) is 5.17. The molecule has 0 radical (unpaired) electrons. The minimum atomic E-state index is 0.0820. The zero-order valence-electron chi connectivity index (χ0n) is 9.63. The molecule has 0 amide bonds. The molecule has 0 fully saturated rings. The summed E-state index contributed by atoms with van der Waals surface area (Å²) < 4.78 is 1.12. The van der Waals surface area contributed by atoms with E-state index in [1.165, 1.54) is 5.69 Å². The van der Waals surface area contributed by atoms with Crippen LogP contribution in [0.15, 0.2) is 28.7 Å². The van der Waals surface area contributed by atoms with Crippen molar-refractivity contribution in [1.29, 1.82) is 0 Å². The monoisotopic (exact) mass is 270 g/mol. The third-order valence-corrected chi connectivity index (χ3v) is 3.55. The van der Waals surface area contributed by atoms with Crippen molar-refractivity contribution < 1.29 is 0 Å². The Bertz CT molecular complexity index is 323. The predicted molar refractivity (Wildman–Crippen MR) is 70.3 cm³/mol. The van der Waals surface area contributed by atoms with Gasteiger partial charge in [0.25, 0.3) is 0 Å². The number of para-hydroxylation sites is 1. The summed E-state index contributed by atoms with van der Waals surface area (Å²) in [6, 6.07) is 8.25. The van der Waals surface area contributed by atoms with Gasteiger partial charge in [0.1, 0.15) is 0 Å². The zero-order valence-corrected chi connectivity index (χ0v) is 11.2. The molecule has 0 saturated heterocycles. The van der Waals surface area contributed by atoms with E-state index in [1.807, 2.05) is 6.07 Å². The summed E-state index contributed by atoms with van der Waals surface area (Å²) in [4.78, 5) is 2.27. The van der Waals surface area contributed by atoms with Gasteiger partial charge in [-0.2, -0.15) is 0 Å². The van der Waals surface area contributed by atoms with Crippen molar-refractivity contribution in [1.82, 2.24) is 0 Å². The molecule has 84 valence electrons. The van der Waals surface area contributed by atoms with Gasteiger partial charge in [0.05, 0.1) is 5.69 Å². The van der Waals surface area contributed by atoms with Gasteiger partial charge < -0.3 is 10.6 Å². The second kappa shape index (κ2) is 4.99. The number of hydrogen-bond donors (Lipinski definition) is 1. The van der Waals surface area contributed by atoms with Crippen LogP contribution in [0.25, 0.3) is 0 Å². The number of rotatable bonds is 4. The highest BCUT2D eigenvalue weighted by Crippen LogP contribution is 2.30. The highest BCUT2D eigenvalue weighted by molar-refractivity contribution is 9.10. The van der Waals surface area contributed by atoms with Gasteiger partial charge >= 0.3 is 0 Å².